The molecule has 166 valence electrons. The van der Waals surface area contributed by atoms with E-state index in [4.69, 9.17) is 18.9 Å². The van der Waals surface area contributed by atoms with Crippen LogP contribution in [0.5, 0.6) is 0 Å². The number of fused-ring (bicyclic) bond motifs is 2. The molecule has 4 fully saturated rings. The van der Waals surface area contributed by atoms with Crippen molar-refractivity contribution in [1.82, 2.24) is 0 Å². The minimum absolute atomic E-state index is 0.0278. The van der Waals surface area contributed by atoms with Crippen LogP contribution in [0.3, 0.4) is 0 Å². The Bertz CT molecular complexity index is 610. The van der Waals surface area contributed by atoms with E-state index >= 15 is 0 Å². The normalized spacial score (nSPS) is 50.7. The van der Waals surface area contributed by atoms with Crippen LogP contribution in [0.4, 0.5) is 0 Å². The summed E-state index contributed by atoms with van der Waals surface area (Å²) in [5.74, 6) is -0.106. The lowest BCUT2D eigenvalue weighted by Crippen LogP contribution is -2.61. The first-order valence-electron chi connectivity index (χ1n) is 11.6. The van der Waals surface area contributed by atoms with Crippen LogP contribution in [0.1, 0.15) is 73.1 Å². The van der Waals surface area contributed by atoms with Gasteiger partial charge < -0.3 is 24.1 Å². The number of carbonyl (C=O) groups is 1. The zero-order chi connectivity index (χ0) is 20.9. The second kappa shape index (κ2) is 8.10. The molecular formula is C23H38O6. The van der Waals surface area contributed by atoms with Crippen LogP contribution >= 0.6 is 0 Å². The number of aliphatic carboxylic acids is 1. The van der Waals surface area contributed by atoms with Gasteiger partial charge in [0.1, 0.15) is 0 Å². The molecule has 6 nitrogen and oxygen atoms in total. The van der Waals surface area contributed by atoms with Crippen LogP contribution in [-0.2, 0) is 23.7 Å². The summed E-state index contributed by atoms with van der Waals surface area (Å²) in [4.78, 5) is 11.4. The number of carboxylic acid groups (broad SMARTS) is 1. The third-order valence-electron chi connectivity index (χ3n) is 8.09. The molecule has 0 aliphatic carbocycles. The summed E-state index contributed by atoms with van der Waals surface area (Å²) < 4.78 is 25.9. The van der Waals surface area contributed by atoms with Crippen LogP contribution in [0.2, 0.25) is 0 Å². The molecule has 4 heterocycles. The Morgan fingerprint density at radius 2 is 1.72 bits per heavy atom. The average Bonchev–Trinajstić information content (AvgIpc) is 3.06. The van der Waals surface area contributed by atoms with Crippen LogP contribution in [0, 0.1) is 23.7 Å². The highest BCUT2D eigenvalue weighted by Crippen LogP contribution is 2.50. The summed E-state index contributed by atoms with van der Waals surface area (Å²) in [6.07, 6.45) is 4.75. The van der Waals surface area contributed by atoms with Crippen molar-refractivity contribution in [2.75, 3.05) is 0 Å². The molecule has 0 bridgehead atoms. The molecule has 0 saturated carbocycles. The van der Waals surface area contributed by atoms with E-state index in [0.717, 1.165) is 32.1 Å². The maximum Gasteiger partial charge on any atom is 0.305 e. The van der Waals surface area contributed by atoms with E-state index in [1.54, 1.807) is 0 Å². The molecule has 0 aromatic carbocycles. The molecule has 0 aromatic rings. The standard InChI is InChI=1S/C23H38O6/c1-6-12(2)16-7-19-18(26-16)8-20-22(27-19)14(4)11-23(29-20)10-13(3)15(5)17(28-23)9-21(24)25/h12-20,22H,6-11H2,1-5H3,(H,24,25)/t12-,13-,14-,15-,16-,17-,18+,19+,20-,22-,23+/m0/s1. The number of ether oxygens (including phenoxy) is 4. The summed E-state index contributed by atoms with van der Waals surface area (Å²) in [5.41, 5.74) is 0. The minimum Gasteiger partial charge on any atom is -0.481 e. The Balaban J connectivity index is 1.48. The monoisotopic (exact) mass is 410 g/mol. The van der Waals surface area contributed by atoms with Gasteiger partial charge in [0.2, 0.25) is 0 Å². The summed E-state index contributed by atoms with van der Waals surface area (Å²) in [5, 5.41) is 9.33. The van der Waals surface area contributed by atoms with Gasteiger partial charge in [0.15, 0.2) is 5.79 Å². The summed E-state index contributed by atoms with van der Waals surface area (Å²) in [6.45, 7) is 11.0. The lowest BCUT2D eigenvalue weighted by molar-refractivity contribution is -0.369. The molecule has 11 atom stereocenters. The van der Waals surface area contributed by atoms with E-state index in [-0.39, 0.29) is 49.0 Å². The fourth-order valence-electron chi connectivity index (χ4n) is 6.01. The molecule has 4 aliphatic heterocycles. The van der Waals surface area contributed by atoms with Gasteiger partial charge in [-0.2, -0.15) is 0 Å². The van der Waals surface area contributed by atoms with E-state index in [9.17, 15) is 9.90 Å². The van der Waals surface area contributed by atoms with Gasteiger partial charge in [-0.25, -0.2) is 0 Å². The van der Waals surface area contributed by atoms with E-state index in [0.29, 0.717) is 17.8 Å². The number of hydrogen-bond donors (Lipinski definition) is 1. The lowest BCUT2D eigenvalue weighted by atomic mass is 9.75. The van der Waals surface area contributed by atoms with Gasteiger partial charge >= 0.3 is 5.97 Å². The number of carboxylic acids is 1. The maximum atomic E-state index is 11.4. The first kappa shape index (κ1) is 21.5. The van der Waals surface area contributed by atoms with Crippen molar-refractivity contribution in [2.24, 2.45) is 23.7 Å². The molecule has 0 unspecified atom stereocenters. The fraction of sp³-hybridized carbons (Fsp3) is 0.957. The third-order valence-corrected chi connectivity index (χ3v) is 8.09. The Morgan fingerprint density at radius 1 is 1.03 bits per heavy atom. The predicted octanol–water partition coefficient (Wildman–Crippen LogP) is 4.00. The SMILES string of the molecule is CC[C@H](C)[C@@H]1C[C@H]2O[C@@H]3[C@H](C[C@H]2O1)O[C@]1(C[C@H](C)[C@H](C)[C@H](CC(=O)O)O1)C[C@@H]3C. The molecule has 1 N–H and O–H groups in total. The first-order valence-corrected chi connectivity index (χ1v) is 11.6. The first-order chi connectivity index (χ1) is 13.7. The Hall–Kier alpha value is -0.690. The van der Waals surface area contributed by atoms with Crippen molar-refractivity contribution < 1.29 is 28.8 Å². The topological polar surface area (TPSA) is 74.2 Å². The molecule has 4 saturated heterocycles. The number of rotatable bonds is 4. The van der Waals surface area contributed by atoms with Crippen molar-refractivity contribution in [3.8, 4) is 0 Å². The van der Waals surface area contributed by atoms with Crippen LogP contribution in [0.15, 0.2) is 0 Å². The van der Waals surface area contributed by atoms with Gasteiger partial charge in [-0.3, -0.25) is 4.79 Å². The molecular weight excluding hydrogens is 372 g/mol. The largest absolute Gasteiger partial charge is 0.481 e. The minimum atomic E-state index is -0.813. The molecule has 0 radical (unpaired) electrons. The number of hydrogen-bond acceptors (Lipinski definition) is 5. The predicted molar refractivity (Wildman–Crippen MR) is 107 cm³/mol. The zero-order valence-corrected chi connectivity index (χ0v) is 18.5. The van der Waals surface area contributed by atoms with Crippen LogP contribution in [-0.4, -0.2) is 53.5 Å². The smallest absolute Gasteiger partial charge is 0.305 e. The van der Waals surface area contributed by atoms with E-state index in [2.05, 4.69) is 34.6 Å². The molecule has 4 rings (SSSR count). The average molecular weight is 411 g/mol. The highest BCUT2D eigenvalue weighted by molar-refractivity contribution is 5.67. The molecule has 6 heteroatoms. The highest BCUT2D eigenvalue weighted by Gasteiger charge is 2.56. The van der Waals surface area contributed by atoms with Crippen molar-refractivity contribution in [3.05, 3.63) is 0 Å². The summed E-state index contributed by atoms with van der Waals surface area (Å²) in [7, 11) is 0. The van der Waals surface area contributed by atoms with Crippen molar-refractivity contribution in [1.29, 1.82) is 0 Å². The lowest BCUT2D eigenvalue weighted by Gasteiger charge is -2.55. The second-order valence-electron chi connectivity index (χ2n) is 10.3. The molecule has 0 aromatic heterocycles. The van der Waals surface area contributed by atoms with Gasteiger partial charge in [-0.15, -0.1) is 0 Å². The fourth-order valence-corrected chi connectivity index (χ4v) is 6.01. The second-order valence-corrected chi connectivity index (χ2v) is 10.3. The third kappa shape index (κ3) is 4.10. The van der Waals surface area contributed by atoms with Gasteiger partial charge in [0.05, 0.1) is 43.0 Å². The Kier molecular flexibility index (Phi) is 6.02. The summed E-state index contributed by atoms with van der Waals surface area (Å²) >= 11 is 0. The van der Waals surface area contributed by atoms with Gasteiger partial charge in [-0.1, -0.05) is 41.0 Å². The Labute approximate surface area is 174 Å². The molecule has 0 amide bonds. The maximum absolute atomic E-state index is 11.4. The van der Waals surface area contributed by atoms with Gasteiger partial charge in [-0.05, 0) is 23.7 Å². The Morgan fingerprint density at radius 3 is 2.41 bits per heavy atom. The van der Waals surface area contributed by atoms with E-state index < -0.39 is 11.8 Å². The van der Waals surface area contributed by atoms with Crippen LogP contribution in [0.25, 0.3) is 0 Å². The van der Waals surface area contributed by atoms with Crippen LogP contribution < -0.4 is 0 Å². The molecule has 4 aliphatic rings. The van der Waals surface area contributed by atoms with Gasteiger partial charge in [0, 0.05) is 25.7 Å². The van der Waals surface area contributed by atoms with Crippen molar-refractivity contribution in [3.63, 3.8) is 0 Å². The summed E-state index contributed by atoms with van der Waals surface area (Å²) in [6, 6.07) is 0. The highest BCUT2D eigenvalue weighted by atomic mass is 16.7. The molecule has 29 heavy (non-hydrogen) atoms. The van der Waals surface area contributed by atoms with E-state index in [1.807, 2.05) is 0 Å². The van der Waals surface area contributed by atoms with Crippen molar-refractivity contribution in [2.45, 2.75) is 116 Å². The zero-order valence-electron chi connectivity index (χ0n) is 18.5. The quantitative estimate of drug-likeness (QED) is 0.755. The van der Waals surface area contributed by atoms with E-state index in [1.165, 1.54) is 0 Å². The van der Waals surface area contributed by atoms with Crippen molar-refractivity contribution >= 4 is 5.97 Å². The van der Waals surface area contributed by atoms with Gasteiger partial charge in [0.25, 0.3) is 0 Å². The molecule has 1 spiro atoms.